The smallest absolute Gasteiger partial charge is 0.143 e. The van der Waals surface area contributed by atoms with Gasteiger partial charge in [0.05, 0.1) is 5.02 Å². The quantitative estimate of drug-likeness (QED) is 0.721. The van der Waals surface area contributed by atoms with E-state index >= 15 is 0 Å². The number of hydrogen-bond acceptors (Lipinski definition) is 2. The van der Waals surface area contributed by atoms with Gasteiger partial charge in [-0.2, -0.15) is 0 Å². The summed E-state index contributed by atoms with van der Waals surface area (Å²) in [5.41, 5.74) is 1.27. The lowest BCUT2D eigenvalue weighted by Crippen LogP contribution is -1.95. The Kier molecular flexibility index (Phi) is 3.17. The van der Waals surface area contributed by atoms with Gasteiger partial charge in [-0.25, -0.2) is 0 Å². The molecule has 1 aromatic carbocycles. The maximum absolute atomic E-state index is 9.55. The fourth-order valence-electron chi connectivity index (χ4n) is 0.962. The van der Waals surface area contributed by atoms with Crippen molar-refractivity contribution in [3.63, 3.8) is 0 Å². The first kappa shape index (κ1) is 10.4. The molecule has 0 aliphatic carbocycles. The number of hydrogen-bond donors (Lipinski definition) is 1. The van der Waals surface area contributed by atoms with Gasteiger partial charge < -0.3 is 5.11 Å². The van der Waals surface area contributed by atoms with Crippen LogP contribution in [0.15, 0.2) is 17.1 Å². The van der Waals surface area contributed by atoms with Crippen molar-refractivity contribution in [3.8, 4) is 5.75 Å². The van der Waals surface area contributed by atoms with Gasteiger partial charge >= 0.3 is 0 Å². The van der Waals surface area contributed by atoms with Crippen molar-refractivity contribution in [3.05, 3.63) is 27.7 Å². The number of benzene rings is 1. The first-order chi connectivity index (χ1) is 6.06. The molecule has 0 aliphatic heterocycles. The molecule has 0 radical (unpaired) electrons. The molecule has 13 heavy (non-hydrogen) atoms. The highest BCUT2D eigenvalue weighted by Gasteiger charge is 2.09. The third-order valence-corrected chi connectivity index (χ3v) is 2.26. The van der Waals surface area contributed by atoms with Crippen LogP contribution in [0.25, 0.3) is 0 Å². The van der Waals surface area contributed by atoms with E-state index in [4.69, 9.17) is 23.2 Å². The number of halogens is 2. The highest BCUT2D eigenvalue weighted by atomic mass is 35.5. The van der Waals surface area contributed by atoms with Gasteiger partial charge in [0.25, 0.3) is 0 Å². The van der Waals surface area contributed by atoms with Gasteiger partial charge in [0.2, 0.25) is 0 Å². The third-order valence-electron chi connectivity index (χ3n) is 1.75. The number of phenols is 1. The van der Waals surface area contributed by atoms with Gasteiger partial charge in [-0.05, 0) is 19.1 Å². The van der Waals surface area contributed by atoms with Crippen molar-refractivity contribution in [1.82, 2.24) is 0 Å². The Morgan fingerprint density at radius 1 is 1.38 bits per heavy atom. The summed E-state index contributed by atoms with van der Waals surface area (Å²) < 4.78 is 0. The van der Waals surface area contributed by atoms with Crippen LogP contribution >= 0.6 is 23.2 Å². The monoisotopic (exact) mass is 217 g/mol. The summed E-state index contributed by atoms with van der Waals surface area (Å²) in [6.45, 7) is 1.78. The van der Waals surface area contributed by atoms with Crippen LogP contribution < -0.4 is 0 Å². The van der Waals surface area contributed by atoms with Crippen LogP contribution in [0.1, 0.15) is 12.5 Å². The van der Waals surface area contributed by atoms with E-state index in [-0.39, 0.29) is 10.8 Å². The van der Waals surface area contributed by atoms with Gasteiger partial charge in [-0.1, -0.05) is 23.2 Å². The molecule has 0 heterocycles. The number of rotatable bonds is 1. The van der Waals surface area contributed by atoms with Crippen molar-refractivity contribution in [1.29, 1.82) is 0 Å². The predicted octanol–water partition coefficient (Wildman–Crippen LogP) is 3.14. The highest BCUT2D eigenvalue weighted by molar-refractivity contribution is 6.36. The molecule has 0 atom stereocenters. The lowest BCUT2D eigenvalue weighted by Gasteiger charge is -2.05. The molecule has 1 rings (SSSR count). The summed E-state index contributed by atoms with van der Waals surface area (Å²) in [7, 11) is 1.64. The Bertz CT molecular complexity index is 361. The van der Waals surface area contributed by atoms with Gasteiger partial charge in [-0.3, -0.25) is 4.99 Å². The molecule has 1 aromatic rings. The molecular weight excluding hydrogens is 209 g/mol. The fraction of sp³-hybridized carbons (Fsp3) is 0.222. The van der Waals surface area contributed by atoms with E-state index in [1.54, 1.807) is 20.0 Å². The van der Waals surface area contributed by atoms with Crippen LogP contribution in [0.2, 0.25) is 10.0 Å². The van der Waals surface area contributed by atoms with Crippen molar-refractivity contribution in [2.24, 2.45) is 4.99 Å². The predicted molar refractivity (Wildman–Crippen MR) is 56.3 cm³/mol. The Balaban J connectivity index is 3.37. The third kappa shape index (κ3) is 2.14. The van der Waals surface area contributed by atoms with E-state index in [2.05, 4.69) is 4.99 Å². The summed E-state index contributed by atoms with van der Waals surface area (Å²) in [5.74, 6) is 0.0224. The van der Waals surface area contributed by atoms with E-state index in [0.29, 0.717) is 16.3 Å². The van der Waals surface area contributed by atoms with Crippen LogP contribution in [-0.2, 0) is 0 Å². The summed E-state index contributed by atoms with van der Waals surface area (Å²) in [5, 5.41) is 10.3. The topological polar surface area (TPSA) is 32.6 Å². The van der Waals surface area contributed by atoms with Gasteiger partial charge in [-0.15, -0.1) is 0 Å². The molecule has 70 valence electrons. The second kappa shape index (κ2) is 3.99. The molecule has 0 unspecified atom stereocenters. The average molecular weight is 218 g/mol. The minimum absolute atomic E-state index is 0.0224. The number of nitrogens with zero attached hydrogens (tertiary/aromatic N) is 1. The van der Waals surface area contributed by atoms with Crippen molar-refractivity contribution in [2.75, 3.05) is 7.05 Å². The first-order valence-corrected chi connectivity index (χ1v) is 4.43. The maximum atomic E-state index is 9.55. The lowest BCUT2D eigenvalue weighted by atomic mass is 10.1. The van der Waals surface area contributed by atoms with E-state index in [1.165, 1.54) is 6.07 Å². The second-order valence-electron chi connectivity index (χ2n) is 2.59. The SMILES string of the molecule is C/N=C(\C)c1cc(Cl)cc(Cl)c1O. The fourth-order valence-corrected chi connectivity index (χ4v) is 1.46. The van der Waals surface area contributed by atoms with E-state index < -0.39 is 0 Å². The normalized spacial score (nSPS) is 11.8. The average Bonchev–Trinajstić information content (AvgIpc) is 2.10. The van der Waals surface area contributed by atoms with E-state index in [1.807, 2.05) is 0 Å². The van der Waals surface area contributed by atoms with E-state index in [9.17, 15) is 5.11 Å². The lowest BCUT2D eigenvalue weighted by molar-refractivity contribution is 0.474. The maximum Gasteiger partial charge on any atom is 0.143 e. The number of aromatic hydroxyl groups is 1. The summed E-state index contributed by atoms with van der Waals surface area (Å²) in [6, 6.07) is 3.12. The Morgan fingerprint density at radius 2 is 2.00 bits per heavy atom. The van der Waals surface area contributed by atoms with Crippen LogP contribution in [0.4, 0.5) is 0 Å². The van der Waals surface area contributed by atoms with E-state index in [0.717, 1.165) is 0 Å². The first-order valence-electron chi connectivity index (χ1n) is 3.68. The highest BCUT2D eigenvalue weighted by Crippen LogP contribution is 2.31. The Morgan fingerprint density at radius 3 is 2.54 bits per heavy atom. The largest absolute Gasteiger partial charge is 0.506 e. The summed E-state index contributed by atoms with van der Waals surface area (Å²) >= 11 is 11.5. The minimum atomic E-state index is 0.0224. The zero-order valence-corrected chi connectivity index (χ0v) is 8.82. The molecule has 0 aromatic heterocycles. The molecule has 0 aliphatic rings. The minimum Gasteiger partial charge on any atom is -0.506 e. The molecule has 4 heteroatoms. The van der Waals surface area contributed by atoms with Gasteiger partial charge in [0.1, 0.15) is 5.75 Å². The summed E-state index contributed by atoms with van der Waals surface area (Å²) in [4.78, 5) is 3.94. The second-order valence-corrected chi connectivity index (χ2v) is 3.44. The Labute approximate surface area is 86.8 Å². The zero-order chi connectivity index (χ0) is 10.0. The van der Waals surface area contributed by atoms with Crippen molar-refractivity contribution in [2.45, 2.75) is 6.92 Å². The van der Waals surface area contributed by atoms with Crippen LogP contribution in [0.5, 0.6) is 5.75 Å². The van der Waals surface area contributed by atoms with Crippen LogP contribution in [0.3, 0.4) is 0 Å². The molecule has 2 nitrogen and oxygen atoms in total. The number of phenolic OH excluding ortho intramolecular Hbond substituents is 1. The molecule has 0 bridgehead atoms. The molecule has 0 saturated heterocycles. The molecule has 0 saturated carbocycles. The zero-order valence-electron chi connectivity index (χ0n) is 7.31. The molecule has 1 N–H and O–H groups in total. The molecular formula is C9H9Cl2NO. The van der Waals surface area contributed by atoms with Gasteiger partial charge in [0, 0.05) is 23.3 Å². The van der Waals surface area contributed by atoms with Crippen LogP contribution in [0, 0.1) is 0 Å². The Hall–Kier alpha value is -0.730. The van der Waals surface area contributed by atoms with Crippen molar-refractivity contribution < 1.29 is 5.11 Å². The molecule has 0 spiro atoms. The van der Waals surface area contributed by atoms with Crippen molar-refractivity contribution >= 4 is 28.9 Å². The summed E-state index contributed by atoms with van der Waals surface area (Å²) in [6.07, 6.45) is 0. The number of aliphatic imine (C=N–C) groups is 1. The van der Waals surface area contributed by atoms with Gasteiger partial charge in [0.15, 0.2) is 0 Å². The van der Waals surface area contributed by atoms with Crippen LogP contribution in [-0.4, -0.2) is 17.9 Å². The molecule has 0 amide bonds. The molecule has 0 fully saturated rings. The standard InChI is InChI=1S/C9H9Cl2NO/c1-5(12-2)7-3-6(10)4-8(11)9(7)13/h3-4,13H,1-2H3/b12-5+.